The zero-order chi connectivity index (χ0) is 13.8. The van der Waals surface area contributed by atoms with Crippen molar-refractivity contribution in [3.8, 4) is 0 Å². The monoisotopic (exact) mass is 261 g/mol. The molecule has 0 radical (unpaired) electrons. The molecule has 0 fully saturated rings. The SMILES string of the molecule is COC[C@@H](Nc1cc(C)nc(C)n1)c1ccc(C)o1. The summed E-state index contributed by atoms with van der Waals surface area (Å²) in [6.45, 7) is 6.25. The number of furan rings is 1. The van der Waals surface area contributed by atoms with Gasteiger partial charge in [-0.1, -0.05) is 0 Å². The third kappa shape index (κ3) is 3.54. The molecule has 0 saturated heterocycles. The van der Waals surface area contributed by atoms with Crippen LogP contribution in [0.15, 0.2) is 22.6 Å². The predicted octanol–water partition coefficient (Wildman–Crippen LogP) is 2.79. The van der Waals surface area contributed by atoms with E-state index in [4.69, 9.17) is 9.15 Å². The zero-order valence-electron chi connectivity index (χ0n) is 11.7. The molecule has 0 aromatic carbocycles. The van der Waals surface area contributed by atoms with Gasteiger partial charge in [0, 0.05) is 18.9 Å². The van der Waals surface area contributed by atoms with Crippen LogP contribution in [0.5, 0.6) is 0 Å². The van der Waals surface area contributed by atoms with Crippen LogP contribution in [-0.4, -0.2) is 23.7 Å². The molecule has 0 saturated carbocycles. The highest BCUT2D eigenvalue weighted by Gasteiger charge is 2.16. The topological polar surface area (TPSA) is 60.2 Å². The lowest BCUT2D eigenvalue weighted by Crippen LogP contribution is -2.17. The molecule has 0 spiro atoms. The molecule has 2 heterocycles. The summed E-state index contributed by atoms with van der Waals surface area (Å²) in [5, 5.41) is 3.32. The van der Waals surface area contributed by atoms with Gasteiger partial charge >= 0.3 is 0 Å². The van der Waals surface area contributed by atoms with Gasteiger partial charge in [-0.05, 0) is 32.9 Å². The van der Waals surface area contributed by atoms with Crippen LogP contribution >= 0.6 is 0 Å². The van der Waals surface area contributed by atoms with E-state index in [1.165, 1.54) is 0 Å². The molecule has 1 atom stereocenters. The number of rotatable bonds is 5. The van der Waals surface area contributed by atoms with E-state index < -0.39 is 0 Å². The first-order valence-corrected chi connectivity index (χ1v) is 6.22. The lowest BCUT2D eigenvalue weighted by molar-refractivity contribution is 0.178. The Morgan fingerprint density at radius 3 is 2.63 bits per heavy atom. The highest BCUT2D eigenvalue weighted by Crippen LogP contribution is 2.21. The molecule has 0 aliphatic rings. The van der Waals surface area contributed by atoms with E-state index in [1.54, 1.807) is 7.11 Å². The van der Waals surface area contributed by atoms with Crippen molar-refractivity contribution in [1.82, 2.24) is 9.97 Å². The first-order chi connectivity index (χ1) is 9.08. The van der Waals surface area contributed by atoms with Gasteiger partial charge in [-0.25, -0.2) is 9.97 Å². The number of aryl methyl sites for hydroxylation is 3. The maximum Gasteiger partial charge on any atom is 0.130 e. The third-order valence-electron chi connectivity index (χ3n) is 2.73. The van der Waals surface area contributed by atoms with Crippen LogP contribution in [0.3, 0.4) is 0 Å². The molecule has 19 heavy (non-hydrogen) atoms. The normalized spacial score (nSPS) is 12.4. The summed E-state index contributed by atoms with van der Waals surface area (Å²) in [5.74, 6) is 3.25. The number of methoxy groups -OCH3 is 1. The van der Waals surface area contributed by atoms with E-state index in [-0.39, 0.29) is 6.04 Å². The minimum Gasteiger partial charge on any atom is -0.464 e. The molecule has 5 heteroatoms. The van der Waals surface area contributed by atoms with Gasteiger partial charge in [0.1, 0.15) is 29.2 Å². The molecule has 0 aliphatic heterocycles. The molecule has 1 N–H and O–H groups in total. The second-order valence-electron chi connectivity index (χ2n) is 4.54. The Kier molecular flexibility index (Phi) is 4.16. The third-order valence-corrected chi connectivity index (χ3v) is 2.73. The Morgan fingerprint density at radius 2 is 2.05 bits per heavy atom. The van der Waals surface area contributed by atoms with Gasteiger partial charge in [0.2, 0.25) is 0 Å². The van der Waals surface area contributed by atoms with Crippen molar-refractivity contribution in [2.24, 2.45) is 0 Å². The molecule has 0 amide bonds. The molecular formula is C14H19N3O2. The van der Waals surface area contributed by atoms with E-state index in [9.17, 15) is 0 Å². The van der Waals surface area contributed by atoms with Crippen LogP contribution in [0.25, 0.3) is 0 Å². The van der Waals surface area contributed by atoms with Crippen LogP contribution < -0.4 is 5.32 Å². The van der Waals surface area contributed by atoms with Gasteiger partial charge in [0.25, 0.3) is 0 Å². The predicted molar refractivity (Wildman–Crippen MR) is 73.2 cm³/mol. The average molecular weight is 261 g/mol. The largest absolute Gasteiger partial charge is 0.464 e. The number of ether oxygens (including phenoxy) is 1. The second-order valence-corrected chi connectivity index (χ2v) is 4.54. The molecule has 0 bridgehead atoms. The fraction of sp³-hybridized carbons (Fsp3) is 0.429. The Bertz CT molecular complexity index is 531. The fourth-order valence-electron chi connectivity index (χ4n) is 1.97. The average Bonchev–Trinajstić information content (AvgIpc) is 2.74. The van der Waals surface area contributed by atoms with Crippen molar-refractivity contribution in [3.63, 3.8) is 0 Å². The second kappa shape index (κ2) is 5.84. The van der Waals surface area contributed by atoms with Crippen molar-refractivity contribution in [2.45, 2.75) is 26.8 Å². The van der Waals surface area contributed by atoms with Crippen LogP contribution in [0.4, 0.5) is 5.82 Å². The van der Waals surface area contributed by atoms with Crippen LogP contribution in [-0.2, 0) is 4.74 Å². The lowest BCUT2D eigenvalue weighted by Gasteiger charge is -2.16. The van der Waals surface area contributed by atoms with E-state index >= 15 is 0 Å². The number of nitrogens with zero attached hydrogens (tertiary/aromatic N) is 2. The molecule has 5 nitrogen and oxygen atoms in total. The maximum absolute atomic E-state index is 5.64. The van der Waals surface area contributed by atoms with Crippen molar-refractivity contribution in [1.29, 1.82) is 0 Å². The van der Waals surface area contributed by atoms with E-state index in [0.717, 1.165) is 28.9 Å². The van der Waals surface area contributed by atoms with Crippen molar-refractivity contribution in [2.75, 3.05) is 19.0 Å². The van der Waals surface area contributed by atoms with Gasteiger partial charge in [-0.15, -0.1) is 0 Å². The zero-order valence-corrected chi connectivity index (χ0v) is 11.7. The first-order valence-electron chi connectivity index (χ1n) is 6.22. The fourth-order valence-corrected chi connectivity index (χ4v) is 1.97. The standard InChI is InChI=1S/C14H19N3O2/c1-9-7-14(16-11(3)15-9)17-12(8-18-4)13-6-5-10(2)19-13/h5-7,12H,8H2,1-4H3,(H,15,16,17)/t12-/m1/s1. The summed E-state index contributed by atoms with van der Waals surface area (Å²) in [6, 6.07) is 5.74. The highest BCUT2D eigenvalue weighted by molar-refractivity contribution is 5.38. The molecule has 2 rings (SSSR count). The summed E-state index contributed by atoms with van der Waals surface area (Å²) >= 11 is 0. The van der Waals surface area contributed by atoms with Crippen LogP contribution in [0, 0.1) is 20.8 Å². The van der Waals surface area contributed by atoms with Crippen LogP contribution in [0.1, 0.15) is 29.1 Å². The Hall–Kier alpha value is -1.88. The van der Waals surface area contributed by atoms with Crippen molar-refractivity contribution in [3.05, 3.63) is 41.2 Å². The first kappa shape index (κ1) is 13.5. The summed E-state index contributed by atoms with van der Waals surface area (Å²) in [7, 11) is 1.67. The highest BCUT2D eigenvalue weighted by atomic mass is 16.5. The number of aromatic nitrogens is 2. The minimum absolute atomic E-state index is 0.0626. The molecular weight excluding hydrogens is 242 g/mol. The molecule has 2 aromatic heterocycles. The van der Waals surface area contributed by atoms with Gasteiger partial charge in [-0.3, -0.25) is 0 Å². The quantitative estimate of drug-likeness (QED) is 0.896. The minimum atomic E-state index is -0.0626. The van der Waals surface area contributed by atoms with E-state index in [2.05, 4.69) is 15.3 Å². The van der Waals surface area contributed by atoms with Crippen molar-refractivity contribution < 1.29 is 9.15 Å². The Labute approximate surface area is 113 Å². The van der Waals surface area contributed by atoms with Gasteiger partial charge < -0.3 is 14.5 Å². The molecule has 2 aromatic rings. The molecule has 102 valence electrons. The molecule has 0 unspecified atom stereocenters. The van der Waals surface area contributed by atoms with Gasteiger partial charge in [-0.2, -0.15) is 0 Å². The number of anilines is 1. The summed E-state index contributed by atoms with van der Waals surface area (Å²) < 4.78 is 10.9. The summed E-state index contributed by atoms with van der Waals surface area (Å²) in [5.41, 5.74) is 0.932. The van der Waals surface area contributed by atoms with E-state index in [1.807, 2.05) is 39.0 Å². The van der Waals surface area contributed by atoms with Gasteiger partial charge in [0.05, 0.1) is 6.61 Å². The number of hydrogen-bond donors (Lipinski definition) is 1. The molecule has 0 aliphatic carbocycles. The lowest BCUT2D eigenvalue weighted by atomic mass is 10.2. The Balaban J connectivity index is 2.20. The summed E-state index contributed by atoms with van der Waals surface area (Å²) in [6.07, 6.45) is 0. The van der Waals surface area contributed by atoms with Crippen molar-refractivity contribution >= 4 is 5.82 Å². The summed E-state index contributed by atoms with van der Waals surface area (Å²) in [4.78, 5) is 8.63. The smallest absolute Gasteiger partial charge is 0.130 e. The number of hydrogen-bond acceptors (Lipinski definition) is 5. The number of nitrogens with one attached hydrogen (secondary N) is 1. The van der Waals surface area contributed by atoms with Crippen LogP contribution in [0.2, 0.25) is 0 Å². The van der Waals surface area contributed by atoms with Gasteiger partial charge in [0.15, 0.2) is 0 Å². The maximum atomic E-state index is 5.64. The Morgan fingerprint density at radius 1 is 1.26 bits per heavy atom. The van der Waals surface area contributed by atoms with E-state index in [0.29, 0.717) is 6.61 Å².